The van der Waals surface area contributed by atoms with E-state index in [1.165, 1.54) is 77.4 Å². The number of rotatable bonds is 3. The van der Waals surface area contributed by atoms with Crippen LogP contribution in [0.1, 0.15) is 103 Å². The molecule has 1 N–H and O–H groups in total. The van der Waals surface area contributed by atoms with E-state index >= 15 is 0 Å². The van der Waals surface area contributed by atoms with Crippen LogP contribution >= 0.6 is 0 Å². The van der Waals surface area contributed by atoms with E-state index in [9.17, 15) is 0 Å². The van der Waals surface area contributed by atoms with Gasteiger partial charge in [0, 0.05) is 60.9 Å². The van der Waals surface area contributed by atoms with Crippen LogP contribution in [0.4, 0.5) is 11.4 Å². The molecule has 0 atom stereocenters. The minimum Gasteiger partial charge on any atom is -0.456 e. The molecule has 0 saturated heterocycles. The van der Waals surface area contributed by atoms with Crippen molar-refractivity contribution in [3.05, 3.63) is 161 Å². The van der Waals surface area contributed by atoms with Crippen LogP contribution in [-0.4, -0.2) is 11.8 Å². The third-order valence-electron chi connectivity index (χ3n) is 16.7. The van der Waals surface area contributed by atoms with Crippen LogP contribution in [0.5, 0.6) is 0 Å². The second-order valence-electron chi connectivity index (χ2n) is 23.1. The van der Waals surface area contributed by atoms with E-state index in [2.05, 4.69) is 213 Å². The van der Waals surface area contributed by atoms with E-state index in [0.717, 1.165) is 79.2 Å². The Morgan fingerprint density at radius 3 is 2.04 bits per heavy atom. The van der Waals surface area contributed by atoms with Crippen molar-refractivity contribution in [2.45, 2.75) is 96.8 Å². The predicted octanol–water partition coefficient (Wildman–Crippen LogP) is 15.9. The van der Waals surface area contributed by atoms with Crippen molar-refractivity contribution in [1.29, 1.82) is 0 Å². The van der Waals surface area contributed by atoms with Crippen LogP contribution in [-0.2, 0) is 21.7 Å². The number of hydrogen-bond acceptors (Lipinski definition) is 3. The Kier molecular flexibility index (Phi) is 7.77. The molecule has 5 heteroatoms. The lowest BCUT2D eigenvalue weighted by Crippen LogP contribution is -2.37. The molecular weight excluding hydrogens is 828 g/mol. The molecule has 0 bridgehead atoms. The molecule has 1 radical (unpaired) electrons. The zero-order valence-corrected chi connectivity index (χ0v) is 40.5. The fraction of sp³-hybridized carbons (Fsp3) is 0.238. The largest absolute Gasteiger partial charge is 0.456 e. The van der Waals surface area contributed by atoms with Crippen LogP contribution in [0.15, 0.2) is 142 Å². The standard InChI is InChI=1S/C63H54BN2O2/c1-60(2,3)34-18-20-35(21-19-34)65-50-33-55-43(44-29-47-48(32-54(44)67-55)62(6,7)27-26-61(47,4)5)28-42(50)38-22-23-40-56-51(25-24-39-37-15-11-13-17-53(37)68-59(39)56)66-52-31-46-41(30-49(52)64-57(38)58(40)66)36-14-10-12-16-45(36)63(46,8)9/h10-25,28-33,65H,26-27H2,1-9H3. The summed E-state index contributed by atoms with van der Waals surface area (Å²) in [7, 11) is 2.47. The van der Waals surface area contributed by atoms with Crippen molar-refractivity contribution >= 4 is 95.3 Å². The number of benzene rings is 8. The van der Waals surface area contributed by atoms with Gasteiger partial charge in [0.15, 0.2) is 7.28 Å². The number of aromatic nitrogens is 1. The monoisotopic (exact) mass is 881 g/mol. The predicted molar refractivity (Wildman–Crippen MR) is 287 cm³/mol. The third-order valence-corrected chi connectivity index (χ3v) is 16.7. The van der Waals surface area contributed by atoms with Gasteiger partial charge in [-0.25, -0.2) is 0 Å². The Labute approximate surface area is 398 Å². The maximum atomic E-state index is 6.95. The summed E-state index contributed by atoms with van der Waals surface area (Å²) in [5, 5.41) is 10.9. The maximum Gasteiger partial charge on any atom is 0.197 e. The maximum absolute atomic E-state index is 6.95. The lowest BCUT2D eigenvalue weighted by molar-refractivity contribution is 0.332. The van der Waals surface area contributed by atoms with Gasteiger partial charge in [0.25, 0.3) is 0 Å². The van der Waals surface area contributed by atoms with E-state index in [1.54, 1.807) is 0 Å². The first-order chi connectivity index (χ1) is 32.5. The number of furan rings is 2. The lowest BCUT2D eigenvalue weighted by Gasteiger charge is -2.41. The Morgan fingerprint density at radius 1 is 0.544 bits per heavy atom. The number of fused-ring (bicyclic) bond motifs is 16. The fourth-order valence-electron chi connectivity index (χ4n) is 12.7. The van der Waals surface area contributed by atoms with E-state index in [0.29, 0.717) is 0 Å². The molecule has 0 amide bonds. The Hall–Kier alpha value is -6.98. The van der Waals surface area contributed by atoms with E-state index in [-0.39, 0.29) is 21.7 Å². The number of nitrogens with one attached hydrogen (secondary N) is 1. The molecule has 68 heavy (non-hydrogen) atoms. The molecule has 4 nitrogen and oxygen atoms in total. The normalized spacial score (nSPS) is 16.4. The van der Waals surface area contributed by atoms with Gasteiger partial charge in [-0.1, -0.05) is 141 Å². The lowest BCUT2D eigenvalue weighted by atomic mass is 9.58. The molecule has 331 valence electrons. The minimum absolute atomic E-state index is 0.0493. The SMILES string of the molecule is CC(C)(C)c1ccc(Nc2cc3oc4cc5c(cc4c3cc2-c2ccc3c4c6oc7ccccc7c6ccc4n4c3c2[B]c2cc3c(cc2-4)C(C)(C)c2ccccc2-3)C(C)(C)CCC5(C)C)cc1. The second kappa shape index (κ2) is 13.2. The molecule has 2 aliphatic carbocycles. The Balaban J connectivity index is 1.07. The van der Waals surface area contributed by atoms with Gasteiger partial charge in [-0.2, -0.15) is 0 Å². The Morgan fingerprint density at radius 2 is 1.25 bits per heavy atom. The summed E-state index contributed by atoms with van der Waals surface area (Å²) >= 11 is 0. The van der Waals surface area contributed by atoms with Crippen molar-refractivity contribution in [3.63, 3.8) is 0 Å². The van der Waals surface area contributed by atoms with Crippen molar-refractivity contribution in [3.8, 4) is 27.9 Å². The summed E-state index contributed by atoms with van der Waals surface area (Å²) in [6.07, 6.45) is 2.31. The highest BCUT2D eigenvalue weighted by molar-refractivity contribution is 6.73. The van der Waals surface area contributed by atoms with Crippen LogP contribution in [0.2, 0.25) is 0 Å². The summed E-state index contributed by atoms with van der Waals surface area (Å²) in [6, 6.07) is 50.1. The molecule has 0 spiro atoms. The van der Waals surface area contributed by atoms with Gasteiger partial charge >= 0.3 is 0 Å². The minimum atomic E-state index is -0.143. The highest BCUT2D eigenvalue weighted by Crippen LogP contribution is 2.52. The van der Waals surface area contributed by atoms with Gasteiger partial charge in [0.05, 0.1) is 16.6 Å². The van der Waals surface area contributed by atoms with Crippen molar-refractivity contribution in [2.75, 3.05) is 5.32 Å². The van der Waals surface area contributed by atoms with Crippen molar-refractivity contribution in [1.82, 2.24) is 4.57 Å². The zero-order valence-electron chi connectivity index (χ0n) is 40.5. The Bertz CT molecular complexity index is 4030. The second-order valence-corrected chi connectivity index (χ2v) is 23.1. The number of hydrogen-bond donors (Lipinski definition) is 1. The quantitative estimate of drug-likeness (QED) is 0.180. The van der Waals surface area contributed by atoms with Crippen LogP contribution in [0, 0.1) is 0 Å². The van der Waals surface area contributed by atoms with Crippen molar-refractivity contribution in [2.24, 2.45) is 0 Å². The average Bonchev–Trinajstić information content (AvgIpc) is 4.04. The van der Waals surface area contributed by atoms with Gasteiger partial charge < -0.3 is 18.7 Å². The molecule has 1 aliphatic heterocycles. The van der Waals surface area contributed by atoms with Crippen LogP contribution in [0.3, 0.4) is 0 Å². The average molecular weight is 882 g/mol. The van der Waals surface area contributed by atoms with E-state index in [1.807, 2.05) is 0 Å². The molecule has 3 aliphatic rings. The molecular formula is C63H54BN2O2. The highest BCUT2D eigenvalue weighted by Gasteiger charge is 2.40. The van der Waals surface area contributed by atoms with Gasteiger partial charge in [-0.05, 0) is 134 Å². The molecule has 3 aromatic heterocycles. The summed E-state index contributed by atoms with van der Waals surface area (Å²) < 4.78 is 16.4. The first-order valence-corrected chi connectivity index (χ1v) is 24.5. The van der Waals surface area contributed by atoms with E-state index < -0.39 is 0 Å². The molecule has 0 saturated carbocycles. The first kappa shape index (κ1) is 40.1. The summed E-state index contributed by atoms with van der Waals surface area (Å²) in [5.74, 6) is 0. The zero-order chi connectivity index (χ0) is 46.4. The first-order valence-electron chi connectivity index (χ1n) is 24.5. The molecule has 8 aromatic carbocycles. The smallest absolute Gasteiger partial charge is 0.197 e. The molecule has 14 rings (SSSR count). The highest BCUT2D eigenvalue weighted by atomic mass is 16.3. The van der Waals surface area contributed by atoms with Gasteiger partial charge in [-0.3, -0.25) is 0 Å². The molecule has 11 aromatic rings. The van der Waals surface area contributed by atoms with Crippen LogP contribution < -0.4 is 16.2 Å². The van der Waals surface area contributed by atoms with Gasteiger partial charge in [-0.15, -0.1) is 0 Å². The summed E-state index contributed by atoms with van der Waals surface area (Å²) in [4.78, 5) is 0. The molecule has 4 heterocycles. The number of anilines is 2. The number of para-hydroxylation sites is 1. The summed E-state index contributed by atoms with van der Waals surface area (Å²) in [6.45, 7) is 21.2. The fourth-order valence-corrected chi connectivity index (χ4v) is 12.7. The topological polar surface area (TPSA) is 43.2 Å². The van der Waals surface area contributed by atoms with E-state index in [4.69, 9.17) is 8.83 Å². The van der Waals surface area contributed by atoms with Gasteiger partial charge in [0.1, 0.15) is 22.3 Å². The molecule has 0 fully saturated rings. The van der Waals surface area contributed by atoms with Crippen LogP contribution in [0.25, 0.3) is 93.6 Å². The van der Waals surface area contributed by atoms with Crippen molar-refractivity contribution < 1.29 is 8.83 Å². The summed E-state index contributed by atoms with van der Waals surface area (Å²) in [5.41, 5.74) is 23.5. The third kappa shape index (κ3) is 5.39. The van der Waals surface area contributed by atoms with Gasteiger partial charge in [0.2, 0.25) is 0 Å². The molecule has 0 unspecified atom stereocenters. The number of nitrogens with zero attached hydrogens (tertiary/aromatic N) is 1.